The van der Waals surface area contributed by atoms with Gasteiger partial charge in [0.2, 0.25) is 0 Å². The molecule has 0 aromatic carbocycles. The molecular weight excluding hydrogens is 410 g/mol. The maximum absolute atomic E-state index is 12.6. The van der Waals surface area contributed by atoms with Gasteiger partial charge in [0.25, 0.3) is 5.91 Å². The highest BCUT2D eigenvalue weighted by Crippen LogP contribution is 2.34. The van der Waals surface area contributed by atoms with Gasteiger partial charge in [0.15, 0.2) is 0 Å². The Morgan fingerprint density at radius 3 is 2.80 bits per heavy atom. The molecule has 0 saturated carbocycles. The minimum absolute atomic E-state index is 0.00463. The Kier molecular flexibility index (Phi) is 5.63. The summed E-state index contributed by atoms with van der Waals surface area (Å²) >= 11 is 8.20. The Labute approximate surface area is 138 Å². The molecule has 0 radical (unpaired) electrons. The molecule has 2 rings (SSSR count). The summed E-state index contributed by atoms with van der Waals surface area (Å²) in [6.07, 6.45) is 3.16. The zero-order valence-corrected chi connectivity index (χ0v) is 15.0. The summed E-state index contributed by atoms with van der Waals surface area (Å²) in [6.45, 7) is 0.702. The molecule has 1 aromatic heterocycles. The number of esters is 1. The Hall–Kier alpha value is -0.400. The molecule has 1 atom stereocenters. The van der Waals surface area contributed by atoms with Gasteiger partial charge in [-0.15, -0.1) is 11.3 Å². The van der Waals surface area contributed by atoms with E-state index in [1.807, 2.05) is 11.0 Å². The molecule has 1 amide bonds. The number of likely N-dealkylation sites (tertiary alicyclic amines) is 1. The minimum atomic E-state index is -0.261. The quantitative estimate of drug-likeness (QED) is 0.692. The van der Waals surface area contributed by atoms with Crippen molar-refractivity contribution in [3.05, 3.63) is 19.2 Å². The van der Waals surface area contributed by atoms with E-state index in [1.165, 1.54) is 18.4 Å². The number of rotatable bonds is 3. The first-order chi connectivity index (χ1) is 9.52. The van der Waals surface area contributed by atoms with Crippen molar-refractivity contribution in [1.82, 2.24) is 4.90 Å². The molecule has 1 aliphatic rings. The van der Waals surface area contributed by atoms with E-state index < -0.39 is 0 Å². The monoisotopic (exact) mass is 423 g/mol. The molecule has 1 saturated heterocycles. The highest BCUT2D eigenvalue weighted by Gasteiger charge is 2.30. The third-order valence-corrected chi connectivity index (χ3v) is 6.62. The molecule has 110 valence electrons. The van der Waals surface area contributed by atoms with E-state index in [0.717, 1.165) is 27.5 Å². The molecule has 7 heteroatoms. The van der Waals surface area contributed by atoms with Crippen LogP contribution in [0.2, 0.25) is 0 Å². The predicted molar refractivity (Wildman–Crippen MR) is 85.0 cm³/mol. The molecule has 0 spiro atoms. The van der Waals surface area contributed by atoms with E-state index in [2.05, 4.69) is 31.9 Å². The zero-order valence-electron chi connectivity index (χ0n) is 11.0. The lowest BCUT2D eigenvalue weighted by molar-refractivity contribution is -0.142. The van der Waals surface area contributed by atoms with Gasteiger partial charge in [0.1, 0.15) is 0 Å². The fourth-order valence-electron chi connectivity index (χ4n) is 2.35. The molecule has 1 fully saturated rings. The molecule has 0 N–H and O–H groups in total. The largest absolute Gasteiger partial charge is 0.469 e. The Morgan fingerprint density at radius 2 is 2.20 bits per heavy atom. The fourth-order valence-corrected chi connectivity index (χ4v) is 4.34. The predicted octanol–water partition coefficient (Wildman–Crippen LogP) is 3.83. The third-order valence-electron chi connectivity index (χ3n) is 3.37. The third kappa shape index (κ3) is 3.62. The number of hydrogen-bond acceptors (Lipinski definition) is 4. The highest BCUT2D eigenvalue weighted by atomic mass is 79.9. The van der Waals surface area contributed by atoms with Crippen LogP contribution >= 0.6 is 43.2 Å². The Balaban J connectivity index is 2.14. The molecule has 0 aliphatic carbocycles. The van der Waals surface area contributed by atoms with Crippen LogP contribution < -0.4 is 0 Å². The lowest BCUT2D eigenvalue weighted by Gasteiger charge is -2.34. The van der Waals surface area contributed by atoms with E-state index >= 15 is 0 Å². The highest BCUT2D eigenvalue weighted by molar-refractivity contribution is 9.13. The zero-order chi connectivity index (χ0) is 14.7. The van der Waals surface area contributed by atoms with E-state index in [1.54, 1.807) is 0 Å². The summed E-state index contributed by atoms with van der Waals surface area (Å²) in [5, 5.41) is 0. The summed E-state index contributed by atoms with van der Waals surface area (Å²) in [6, 6.07) is 1.77. The van der Waals surface area contributed by atoms with Crippen LogP contribution in [0.4, 0.5) is 0 Å². The van der Waals surface area contributed by atoms with Crippen molar-refractivity contribution < 1.29 is 14.3 Å². The van der Waals surface area contributed by atoms with Gasteiger partial charge in [-0.05, 0) is 57.2 Å². The second-order valence-corrected chi connectivity index (χ2v) is 7.89. The van der Waals surface area contributed by atoms with Crippen molar-refractivity contribution in [2.24, 2.45) is 0 Å². The van der Waals surface area contributed by atoms with Gasteiger partial charge in [-0.3, -0.25) is 9.59 Å². The summed E-state index contributed by atoms with van der Waals surface area (Å²) < 4.78 is 6.51. The Bertz CT molecular complexity index is 498. The number of halogens is 2. The molecule has 1 aromatic rings. The van der Waals surface area contributed by atoms with Crippen molar-refractivity contribution in [2.75, 3.05) is 13.7 Å². The SMILES string of the molecule is COC(=O)CC1CCCCN1C(=O)c1cc(Br)c(Br)s1. The number of methoxy groups -OCH3 is 1. The topological polar surface area (TPSA) is 46.6 Å². The first-order valence-electron chi connectivity index (χ1n) is 6.35. The number of thiophene rings is 1. The lowest BCUT2D eigenvalue weighted by atomic mass is 9.99. The fraction of sp³-hybridized carbons (Fsp3) is 0.538. The number of carbonyl (C=O) groups excluding carboxylic acids is 2. The number of hydrogen-bond donors (Lipinski definition) is 0. The first-order valence-corrected chi connectivity index (χ1v) is 8.75. The first kappa shape index (κ1) is 16.0. The summed E-state index contributed by atoms with van der Waals surface area (Å²) in [7, 11) is 1.38. The molecule has 4 nitrogen and oxygen atoms in total. The number of amides is 1. The second kappa shape index (κ2) is 7.04. The molecule has 1 unspecified atom stereocenters. The van der Waals surface area contributed by atoms with Crippen LogP contribution in [0.25, 0.3) is 0 Å². The average Bonchev–Trinajstić information content (AvgIpc) is 2.78. The smallest absolute Gasteiger partial charge is 0.307 e. The molecule has 20 heavy (non-hydrogen) atoms. The Morgan fingerprint density at radius 1 is 1.45 bits per heavy atom. The van der Waals surface area contributed by atoms with E-state index in [-0.39, 0.29) is 24.3 Å². The van der Waals surface area contributed by atoms with Crippen LogP contribution in [0, 0.1) is 0 Å². The number of carbonyl (C=O) groups is 2. The van der Waals surface area contributed by atoms with Gasteiger partial charge >= 0.3 is 5.97 Å². The van der Waals surface area contributed by atoms with E-state index in [9.17, 15) is 9.59 Å². The lowest BCUT2D eigenvalue weighted by Crippen LogP contribution is -2.44. The van der Waals surface area contributed by atoms with Crippen LogP contribution in [0.5, 0.6) is 0 Å². The molecule has 0 bridgehead atoms. The van der Waals surface area contributed by atoms with Crippen LogP contribution in [0.3, 0.4) is 0 Å². The van der Waals surface area contributed by atoms with Gasteiger partial charge in [0, 0.05) is 17.1 Å². The number of piperidine rings is 1. The van der Waals surface area contributed by atoms with Crippen LogP contribution in [-0.4, -0.2) is 36.5 Å². The van der Waals surface area contributed by atoms with Crippen molar-refractivity contribution in [1.29, 1.82) is 0 Å². The second-order valence-electron chi connectivity index (χ2n) is 4.66. The standard InChI is InChI=1S/C13H15Br2NO3S/c1-19-11(17)6-8-4-2-3-5-16(8)13(18)10-7-9(14)12(15)20-10/h7-8H,2-6H2,1H3. The minimum Gasteiger partial charge on any atom is -0.469 e. The molecule has 2 heterocycles. The molecule has 1 aliphatic heterocycles. The van der Waals surface area contributed by atoms with Gasteiger partial charge in [0.05, 0.1) is 22.2 Å². The van der Waals surface area contributed by atoms with Gasteiger partial charge in [-0.2, -0.15) is 0 Å². The maximum atomic E-state index is 12.6. The van der Waals surface area contributed by atoms with Crippen molar-refractivity contribution in [2.45, 2.75) is 31.7 Å². The number of ether oxygens (including phenoxy) is 1. The van der Waals surface area contributed by atoms with E-state index in [0.29, 0.717) is 11.4 Å². The van der Waals surface area contributed by atoms with Crippen LogP contribution in [0.1, 0.15) is 35.4 Å². The van der Waals surface area contributed by atoms with E-state index in [4.69, 9.17) is 4.74 Å². The van der Waals surface area contributed by atoms with Crippen LogP contribution in [0.15, 0.2) is 14.3 Å². The van der Waals surface area contributed by atoms with Crippen LogP contribution in [-0.2, 0) is 9.53 Å². The maximum Gasteiger partial charge on any atom is 0.307 e. The number of nitrogens with zero attached hydrogens (tertiary/aromatic N) is 1. The van der Waals surface area contributed by atoms with Gasteiger partial charge < -0.3 is 9.64 Å². The van der Waals surface area contributed by atoms with Crippen molar-refractivity contribution >= 4 is 55.1 Å². The summed E-state index contributed by atoms with van der Waals surface area (Å²) in [5.41, 5.74) is 0. The van der Waals surface area contributed by atoms with Crippen molar-refractivity contribution in [3.8, 4) is 0 Å². The average molecular weight is 425 g/mol. The molecular formula is C13H15Br2NO3S. The van der Waals surface area contributed by atoms with Gasteiger partial charge in [-0.1, -0.05) is 0 Å². The normalized spacial score (nSPS) is 18.9. The van der Waals surface area contributed by atoms with Gasteiger partial charge in [-0.25, -0.2) is 0 Å². The van der Waals surface area contributed by atoms with Crippen molar-refractivity contribution in [3.63, 3.8) is 0 Å². The summed E-state index contributed by atoms with van der Waals surface area (Å²) in [5.74, 6) is -0.266. The summed E-state index contributed by atoms with van der Waals surface area (Å²) in [4.78, 5) is 26.6.